The van der Waals surface area contributed by atoms with Crippen molar-refractivity contribution in [1.29, 1.82) is 0 Å². The van der Waals surface area contributed by atoms with E-state index < -0.39 is 0 Å². The standard InChI is InChI=1S/C15H17ClN2O3/c16-12-3-1-11(2-4-12)15-17-13(10-21-15)7-18-5-6-20-14(8-18)9-19/h1-4,10,14,19H,5-9H2. The molecule has 21 heavy (non-hydrogen) atoms. The molecule has 0 saturated carbocycles. The van der Waals surface area contributed by atoms with Crippen LogP contribution in [0, 0.1) is 0 Å². The molecule has 6 heteroatoms. The van der Waals surface area contributed by atoms with Crippen LogP contribution in [0.3, 0.4) is 0 Å². The molecule has 2 heterocycles. The Morgan fingerprint density at radius 2 is 2.14 bits per heavy atom. The highest BCUT2D eigenvalue weighted by Gasteiger charge is 2.20. The van der Waals surface area contributed by atoms with Crippen molar-refractivity contribution in [3.05, 3.63) is 41.2 Å². The number of aliphatic hydroxyl groups is 1. The molecular formula is C15H17ClN2O3. The van der Waals surface area contributed by atoms with Gasteiger partial charge in [-0.1, -0.05) is 11.6 Å². The quantitative estimate of drug-likeness (QED) is 0.938. The highest BCUT2D eigenvalue weighted by molar-refractivity contribution is 6.30. The second-order valence-electron chi connectivity index (χ2n) is 5.06. The van der Waals surface area contributed by atoms with E-state index in [1.54, 1.807) is 6.26 Å². The number of aromatic nitrogens is 1. The van der Waals surface area contributed by atoms with Crippen molar-refractivity contribution in [2.24, 2.45) is 0 Å². The summed E-state index contributed by atoms with van der Waals surface area (Å²) in [5.41, 5.74) is 1.78. The molecule has 1 aliphatic heterocycles. The Kier molecular flexibility index (Phi) is 4.55. The van der Waals surface area contributed by atoms with Crippen molar-refractivity contribution in [3.8, 4) is 11.5 Å². The van der Waals surface area contributed by atoms with Gasteiger partial charge in [-0.15, -0.1) is 0 Å². The summed E-state index contributed by atoms with van der Waals surface area (Å²) in [6, 6.07) is 7.39. The van der Waals surface area contributed by atoms with Gasteiger partial charge in [-0.2, -0.15) is 0 Å². The maximum Gasteiger partial charge on any atom is 0.226 e. The number of rotatable bonds is 4. The lowest BCUT2D eigenvalue weighted by Gasteiger charge is -2.31. The first kappa shape index (κ1) is 14.5. The molecule has 1 aliphatic rings. The van der Waals surface area contributed by atoms with Gasteiger partial charge in [0.1, 0.15) is 6.26 Å². The average molecular weight is 309 g/mol. The van der Waals surface area contributed by atoms with E-state index in [9.17, 15) is 0 Å². The number of ether oxygens (including phenoxy) is 1. The summed E-state index contributed by atoms with van der Waals surface area (Å²) in [4.78, 5) is 6.70. The normalized spacial score (nSPS) is 19.8. The minimum Gasteiger partial charge on any atom is -0.444 e. The smallest absolute Gasteiger partial charge is 0.226 e. The van der Waals surface area contributed by atoms with E-state index in [1.165, 1.54) is 0 Å². The molecule has 5 nitrogen and oxygen atoms in total. The second kappa shape index (κ2) is 6.58. The summed E-state index contributed by atoms with van der Waals surface area (Å²) < 4.78 is 11.0. The van der Waals surface area contributed by atoms with Crippen LogP contribution in [0.5, 0.6) is 0 Å². The monoisotopic (exact) mass is 308 g/mol. The van der Waals surface area contributed by atoms with Crippen molar-refractivity contribution in [1.82, 2.24) is 9.88 Å². The molecule has 1 atom stereocenters. The Hall–Kier alpha value is -1.40. The molecule has 1 saturated heterocycles. The fourth-order valence-electron chi connectivity index (χ4n) is 2.37. The summed E-state index contributed by atoms with van der Waals surface area (Å²) in [6.45, 7) is 2.91. The second-order valence-corrected chi connectivity index (χ2v) is 5.50. The minimum atomic E-state index is -0.110. The number of hydrogen-bond donors (Lipinski definition) is 1. The van der Waals surface area contributed by atoms with Crippen LogP contribution in [-0.4, -0.2) is 47.4 Å². The van der Waals surface area contributed by atoms with Crippen molar-refractivity contribution >= 4 is 11.6 Å². The Bertz CT molecular complexity index is 585. The summed E-state index contributed by atoms with van der Waals surface area (Å²) in [5, 5.41) is 9.84. The number of hydrogen-bond acceptors (Lipinski definition) is 5. The van der Waals surface area contributed by atoms with E-state index in [2.05, 4.69) is 9.88 Å². The van der Waals surface area contributed by atoms with Gasteiger partial charge >= 0.3 is 0 Å². The molecule has 1 aromatic heterocycles. The Morgan fingerprint density at radius 1 is 1.33 bits per heavy atom. The van der Waals surface area contributed by atoms with Gasteiger partial charge in [-0.25, -0.2) is 4.98 Å². The van der Waals surface area contributed by atoms with Crippen LogP contribution in [0.15, 0.2) is 34.9 Å². The third-order valence-corrected chi connectivity index (χ3v) is 3.71. The molecule has 0 radical (unpaired) electrons. The molecule has 1 unspecified atom stereocenters. The molecule has 1 aromatic carbocycles. The van der Waals surface area contributed by atoms with Crippen LogP contribution in [0.1, 0.15) is 5.69 Å². The van der Waals surface area contributed by atoms with Crippen molar-refractivity contribution in [2.45, 2.75) is 12.6 Å². The molecule has 0 amide bonds. The van der Waals surface area contributed by atoms with E-state index in [-0.39, 0.29) is 12.7 Å². The van der Waals surface area contributed by atoms with Gasteiger partial charge < -0.3 is 14.3 Å². The summed E-state index contributed by atoms with van der Waals surface area (Å²) >= 11 is 5.87. The third-order valence-electron chi connectivity index (χ3n) is 3.46. The predicted octanol–water partition coefficient (Wildman–Crippen LogP) is 2.19. The molecule has 0 aliphatic carbocycles. The van der Waals surface area contributed by atoms with Gasteiger partial charge in [0.2, 0.25) is 5.89 Å². The van der Waals surface area contributed by atoms with Crippen LogP contribution >= 0.6 is 11.6 Å². The van der Waals surface area contributed by atoms with Crippen molar-refractivity contribution < 1.29 is 14.3 Å². The molecule has 1 N–H and O–H groups in total. The van der Waals surface area contributed by atoms with Crippen LogP contribution < -0.4 is 0 Å². The van der Waals surface area contributed by atoms with Crippen LogP contribution in [0.25, 0.3) is 11.5 Å². The Labute approximate surface area is 128 Å². The molecule has 0 spiro atoms. The molecule has 1 fully saturated rings. The third kappa shape index (κ3) is 3.63. The number of oxazole rings is 1. The SMILES string of the molecule is OCC1CN(Cc2coc(-c3ccc(Cl)cc3)n2)CCO1. The van der Waals surface area contributed by atoms with Gasteiger partial charge in [0.15, 0.2) is 0 Å². The fourth-order valence-corrected chi connectivity index (χ4v) is 2.49. The van der Waals surface area contributed by atoms with E-state index in [4.69, 9.17) is 25.9 Å². The average Bonchev–Trinajstić information content (AvgIpc) is 2.96. The summed E-state index contributed by atoms with van der Waals surface area (Å²) in [7, 11) is 0. The zero-order valence-electron chi connectivity index (χ0n) is 11.5. The van der Waals surface area contributed by atoms with E-state index in [0.29, 0.717) is 30.6 Å². The summed E-state index contributed by atoms with van der Waals surface area (Å²) in [6.07, 6.45) is 1.56. The van der Waals surface area contributed by atoms with Gasteiger partial charge in [-0.05, 0) is 24.3 Å². The number of morpholine rings is 1. The number of benzene rings is 1. The molecule has 3 rings (SSSR count). The zero-order valence-corrected chi connectivity index (χ0v) is 12.3. The van der Waals surface area contributed by atoms with Crippen molar-refractivity contribution in [2.75, 3.05) is 26.3 Å². The Morgan fingerprint density at radius 3 is 2.90 bits per heavy atom. The van der Waals surface area contributed by atoms with E-state index in [0.717, 1.165) is 17.8 Å². The highest BCUT2D eigenvalue weighted by Crippen LogP contribution is 2.21. The van der Waals surface area contributed by atoms with E-state index in [1.807, 2.05) is 24.3 Å². The van der Waals surface area contributed by atoms with E-state index >= 15 is 0 Å². The maximum atomic E-state index is 9.15. The topological polar surface area (TPSA) is 58.7 Å². The molecule has 0 bridgehead atoms. The molecular weight excluding hydrogens is 292 g/mol. The van der Waals surface area contributed by atoms with Crippen LogP contribution in [0.4, 0.5) is 0 Å². The molecule has 2 aromatic rings. The lowest BCUT2D eigenvalue weighted by atomic mass is 10.2. The van der Waals surface area contributed by atoms with Crippen molar-refractivity contribution in [3.63, 3.8) is 0 Å². The number of nitrogens with zero attached hydrogens (tertiary/aromatic N) is 2. The number of aliphatic hydroxyl groups excluding tert-OH is 1. The lowest BCUT2D eigenvalue weighted by molar-refractivity contribution is -0.0553. The minimum absolute atomic E-state index is 0.0470. The maximum absolute atomic E-state index is 9.15. The first-order chi connectivity index (χ1) is 10.2. The number of halogens is 1. The zero-order chi connectivity index (χ0) is 14.7. The van der Waals surface area contributed by atoms with Crippen LogP contribution in [0.2, 0.25) is 5.02 Å². The predicted molar refractivity (Wildman–Crippen MR) is 79.1 cm³/mol. The van der Waals surface area contributed by atoms with Crippen LogP contribution in [-0.2, 0) is 11.3 Å². The highest BCUT2D eigenvalue weighted by atomic mass is 35.5. The first-order valence-electron chi connectivity index (χ1n) is 6.90. The summed E-state index contributed by atoms with van der Waals surface area (Å²) in [5.74, 6) is 0.591. The van der Waals surface area contributed by atoms with Gasteiger partial charge in [0, 0.05) is 30.2 Å². The molecule has 112 valence electrons. The van der Waals surface area contributed by atoms with Gasteiger partial charge in [-0.3, -0.25) is 4.90 Å². The van der Waals surface area contributed by atoms with Gasteiger partial charge in [0.25, 0.3) is 0 Å². The Balaban J connectivity index is 1.66. The lowest BCUT2D eigenvalue weighted by Crippen LogP contribution is -2.43. The fraction of sp³-hybridized carbons (Fsp3) is 0.400. The van der Waals surface area contributed by atoms with Gasteiger partial charge in [0.05, 0.1) is 25.0 Å². The first-order valence-corrected chi connectivity index (χ1v) is 7.27. The largest absolute Gasteiger partial charge is 0.444 e.